The Bertz CT molecular complexity index is 781. The summed E-state index contributed by atoms with van der Waals surface area (Å²) in [6, 6.07) is 3.57. The minimum Gasteiger partial charge on any atom is -0.480 e. The van der Waals surface area contributed by atoms with Crippen molar-refractivity contribution in [2.75, 3.05) is 12.4 Å². The summed E-state index contributed by atoms with van der Waals surface area (Å²) < 4.78 is 54.9. The molecule has 0 heterocycles. The Morgan fingerprint density at radius 2 is 1.96 bits per heavy atom. The summed E-state index contributed by atoms with van der Waals surface area (Å²) >= 11 is 0. The van der Waals surface area contributed by atoms with Crippen LogP contribution in [0.1, 0.15) is 49.4 Å². The van der Waals surface area contributed by atoms with Crippen LogP contribution in [0.4, 0.5) is 4.39 Å². The molecule has 1 aromatic rings. The zero-order valence-corrected chi connectivity index (χ0v) is 15.5. The molecule has 0 atom stereocenters. The minimum absolute atomic E-state index is 0.0319. The quantitative estimate of drug-likeness (QED) is 0.438. The molecule has 1 fully saturated rings. The van der Waals surface area contributed by atoms with Gasteiger partial charge >= 0.3 is 5.97 Å². The standard InChI is InChI=1S/C18H23FO6S/c1-13(2)18(8-4-3-5-9-18)25-16-12-14(6-7-15(16)19)17(20)24-10-11-26(21,22)23/h6-7,12H,1,3-5,8-11H2,2H3,(H,21,22,23). The van der Waals surface area contributed by atoms with Gasteiger partial charge < -0.3 is 9.47 Å². The van der Waals surface area contributed by atoms with Crippen LogP contribution in [0.2, 0.25) is 0 Å². The average Bonchev–Trinajstić information content (AvgIpc) is 2.56. The summed E-state index contributed by atoms with van der Waals surface area (Å²) in [6.45, 7) is 5.32. The van der Waals surface area contributed by atoms with Gasteiger partial charge in [-0.25, -0.2) is 9.18 Å². The van der Waals surface area contributed by atoms with Gasteiger partial charge in [0.1, 0.15) is 18.0 Å². The normalized spacial score (nSPS) is 16.7. The van der Waals surface area contributed by atoms with E-state index in [9.17, 15) is 17.6 Å². The molecule has 144 valence electrons. The van der Waals surface area contributed by atoms with E-state index in [1.54, 1.807) is 0 Å². The molecular formula is C18H23FO6S. The van der Waals surface area contributed by atoms with E-state index >= 15 is 0 Å². The number of carbonyl (C=O) groups is 1. The molecule has 1 saturated carbocycles. The fraction of sp³-hybridized carbons (Fsp3) is 0.500. The lowest BCUT2D eigenvalue weighted by molar-refractivity contribution is 0.0517. The molecule has 1 N–H and O–H groups in total. The van der Waals surface area contributed by atoms with Crippen molar-refractivity contribution in [2.45, 2.75) is 44.6 Å². The van der Waals surface area contributed by atoms with Gasteiger partial charge in [-0.2, -0.15) is 8.42 Å². The highest BCUT2D eigenvalue weighted by Gasteiger charge is 2.36. The van der Waals surface area contributed by atoms with Crippen LogP contribution in [-0.4, -0.2) is 36.9 Å². The summed E-state index contributed by atoms with van der Waals surface area (Å²) in [7, 11) is -4.23. The molecular weight excluding hydrogens is 363 g/mol. The Morgan fingerprint density at radius 1 is 1.31 bits per heavy atom. The highest BCUT2D eigenvalue weighted by atomic mass is 32.2. The van der Waals surface area contributed by atoms with Crippen molar-refractivity contribution in [3.8, 4) is 5.75 Å². The Hall–Kier alpha value is -1.93. The maximum absolute atomic E-state index is 14.2. The number of rotatable bonds is 7. The number of ether oxygens (including phenoxy) is 2. The fourth-order valence-corrected chi connectivity index (χ4v) is 3.27. The summed E-state index contributed by atoms with van der Waals surface area (Å²) in [6.07, 6.45) is 4.44. The smallest absolute Gasteiger partial charge is 0.338 e. The van der Waals surface area contributed by atoms with Crippen LogP contribution in [0, 0.1) is 5.82 Å². The van der Waals surface area contributed by atoms with E-state index in [0.29, 0.717) is 0 Å². The molecule has 8 heteroatoms. The average molecular weight is 386 g/mol. The van der Waals surface area contributed by atoms with Crippen molar-refractivity contribution in [3.05, 3.63) is 41.7 Å². The predicted molar refractivity (Wildman–Crippen MR) is 94.4 cm³/mol. The van der Waals surface area contributed by atoms with Crippen molar-refractivity contribution >= 4 is 16.1 Å². The maximum Gasteiger partial charge on any atom is 0.338 e. The zero-order chi connectivity index (χ0) is 19.4. The molecule has 1 aliphatic carbocycles. The molecule has 6 nitrogen and oxygen atoms in total. The number of benzene rings is 1. The minimum atomic E-state index is -4.23. The number of esters is 1. The fourth-order valence-electron chi connectivity index (χ4n) is 2.98. The highest BCUT2D eigenvalue weighted by molar-refractivity contribution is 7.85. The van der Waals surface area contributed by atoms with Crippen LogP contribution in [0.25, 0.3) is 0 Å². The van der Waals surface area contributed by atoms with Gasteiger partial charge in [-0.15, -0.1) is 0 Å². The third-order valence-electron chi connectivity index (χ3n) is 4.49. The lowest BCUT2D eigenvalue weighted by Gasteiger charge is -2.38. The Morgan fingerprint density at radius 3 is 2.54 bits per heavy atom. The van der Waals surface area contributed by atoms with Gasteiger partial charge in [0.15, 0.2) is 11.6 Å². The first-order valence-electron chi connectivity index (χ1n) is 8.40. The third kappa shape index (κ3) is 5.28. The van der Waals surface area contributed by atoms with Gasteiger partial charge in [0.25, 0.3) is 10.1 Å². The second kappa shape index (κ2) is 8.18. The van der Waals surface area contributed by atoms with Gasteiger partial charge in [0.2, 0.25) is 0 Å². The van der Waals surface area contributed by atoms with Crippen molar-refractivity contribution in [3.63, 3.8) is 0 Å². The summed E-state index contributed by atoms with van der Waals surface area (Å²) in [5.74, 6) is -2.21. The monoisotopic (exact) mass is 386 g/mol. The predicted octanol–water partition coefficient (Wildman–Crippen LogP) is 3.53. The van der Waals surface area contributed by atoms with Gasteiger partial charge in [-0.1, -0.05) is 13.0 Å². The zero-order valence-electron chi connectivity index (χ0n) is 14.7. The Kier molecular flexibility index (Phi) is 6.41. The second-order valence-corrected chi connectivity index (χ2v) is 8.08. The SMILES string of the molecule is C=C(C)C1(Oc2cc(C(=O)OCCS(=O)(=O)O)ccc2F)CCCCC1. The number of carbonyl (C=O) groups excluding carboxylic acids is 1. The first kappa shape index (κ1) is 20.4. The Balaban J connectivity index is 2.16. The van der Waals surface area contributed by atoms with Crippen LogP contribution < -0.4 is 4.74 Å². The molecule has 26 heavy (non-hydrogen) atoms. The first-order valence-corrected chi connectivity index (χ1v) is 10.0. The second-order valence-electron chi connectivity index (χ2n) is 6.50. The molecule has 1 aliphatic rings. The van der Waals surface area contributed by atoms with Crippen LogP contribution >= 0.6 is 0 Å². The lowest BCUT2D eigenvalue weighted by atomic mass is 9.80. The van der Waals surface area contributed by atoms with E-state index in [2.05, 4.69) is 6.58 Å². The van der Waals surface area contributed by atoms with Crippen molar-refractivity contribution in [1.29, 1.82) is 0 Å². The van der Waals surface area contributed by atoms with Gasteiger partial charge in [-0.3, -0.25) is 4.55 Å². The van der Waals surface area contributed by atoms with Crippen molar-refractivity contribution in [2.24, 2.45) is 0 Å². The van der Waals surface area contributed by atoms with Gasteiger partial charge in [0.05, 0.1) is 5.56 Å². The van der Waals surface area contributed by atoms with Crippen molar-refractivity contribution in [1.82, 2.24) is 0 Å². The highest BCUT2D eigenvalue weighted by Crippen LogP contribution is 2.38. The topological polar surface area (TPSA) is 89.9 Å². The lowest BCUT2D eigenvalue weighted by Crippen LogP contribution is -2.39. The molecule has 0 aliphatic heterocycles. The molecule has 0 unspecified atom stereocenters. The van der Waals surface area contributed by atoms with Crippen LogP contribution in [0.5, 0.6) is 5.75 Å². The van der Waals surface area contributed by atoms with E-state index < -0.39 is 39.9 Å². The maximum atomic E-state index is 14.2. The van der Waals surface area contributed by atoms with E-state index in [4.69, 9.17) is 14.0 Å². The van der Waals surface area contributed by atoms with E-state index in [1.165, 1.54) is 12.1 Å². The summed E-state index contributed by atoms with van der Waals surface area (Å²) in [5.41, 5.74) is 0.175. The van der Waals surface area contributed by atoms with Gasteiger partial charge in [0, 0.05) is 0 Å². The molecule has 0 radical (unpaired) electrons. The molecule has 0 amide bonds. The van der Waals surface area contributed by atoms with Crippen LogP contribution in [-0.2, 0) is 14.9 Å². The number of hydrogen-bond acceptors (Lipinski definition) is 5. The molecule has 2 rings (SSSR count). The van der Waals surface area contributed by atoms with Gasteiger partial charge in [-0.05, 0) is 56.4 Å². The Labute approximate surface area is 152 Å². The molecule has 0 spiro atoms. The van der Waals surface area contributed by atoms with E-state index in [1.807, 2.05) is 6.92 Å². The third-order valence-corrected chi connectivity index (χ3v) is 5.17. The summed E-state index contributed by atoms with van der Waals surface area (Å²) in [5, 5.41) is 0. The molecule has 0 aromatic heterocycles. The van der Waals surface area contributed by atoms with Crippen molar-refractivity contribution < 1.29 is 31.6 Å². The molecule has 0 saturated heterocycles. The number of hydrogen-bond donors (Lipinski definition) is 1. The van der Waals surface area contributed by atoms with E-state index in [-0.39, 0.29) is 11.3 Å². The first-order chi connectivity index (χ1) is 12.1. The molecule has 0 bridgehead atoms. The largest absolute Gasteiger partial charge is 0.480 e. The van der Waals surface area contributed by atoms with Crippen LogP contribution in [0.15, 0.2) is 30.4 Å². The van der Waals surface area contributed by atoms with E-state index in [0.717, 1.165) is 43.7 Å². The molecule has 1 aromatic carbocycles. The number of halogens is 1. The van der Waals surface area contributed by atoms with Crippen LogP contribution in [0.3, 0.4) is 0 Å². The summed E-state index contributed by atoms with van der Waals surface area (Å²) in [4.78, 5) is 12.0.